The normalized spacial score (nSPS) is 12.6. The molecule has 0 spiro atoms. The zero-order valence-corrected chi connectivity index (χ0v) is 18.3. The van der Waals surface area contributed by atoms with Gasteiger partial charge in [0.15, 0.2) is 0 Å². The minimum atomic E-state index is -0.846. The minimum Gasteiger partial charge on any atom is -0.481 e. The fourth-order valence-corrected chi connectivity index (χ4v) is 4.59. The SMILES string of the molecule is CCCCC(Cn1c(=O)n(Cc2cn(C)c3cccc(C)c23)c2ccccc21)C(=O)O. The third kappa shape index (κ3) is 3.78. The zero-order chi connectivity index (χ0) is 22.1. The van der Waals surface area contributed by atoms with Crippen molar-refractivity contribution in [1.29, 1.82) is 0 Å². The Kier molecular flexibility index (Phi) is 5.72. The van der Waals surface area contributed by atoms with E-state index in [4.69, 9.17) is 0 Å². The number of fused-ring (bicyclic) bond motifs is 2. The van der Waals surface area contributed by atoms with E-state index in [0.29, 0.717) is 13.0 Å². The van der Waals surface area contributed by atoms with Crippen LogP contribution in [-0.4, -0.2) is 24.8 Å². The van der Waals surface area contributed by atoms with Crippen molar-refractivity contribution in [3.05, 3.63) is 70.3 Å². The van der Waals surface area contributed by atoms with Crippen molar-refractivity contribution in [2.75, 3.05) is 0 Å². The van der Waals surface area contributed by atoms with Gasteiger partial charge in [-0.15, -0.1) is 0 Å². The van der Waals surface area contributed by atoms with E-state index >= 15 is 0 Å². The van der Waals surface area contributed by atoms with Crippen LogP contribution in [0.4, 0.5) is 0 Å². The molecule has 0 amide bonds. The van der Waals surface area contributed by atoms with E-state index in [0.717, 1.165) is 35.0 Å². The number of hydrogen-bond donors (Lipinski definition) is 1. The average Bonchev–Trinajstić information content (AvgIpc) is 3.21. The van der Waals surface area contributed by atoms with E-state index in [2.05, 4.69) is 29.8 Å². The van der Waals surface area contributed by atoms with Gasteiger partial charge in [-0.3, -0.25) is 13.9 Å². The number of carboxylic acid groups (broad SMARTS) is 1. The molecule has 6 nitrogen and oxygen atoms in total. The molecule has 0 radical (unpaired) electrons. The molecule has 0 aliphatic carbocycles. The van der Waals surface area contributed by atoms with Gasteiger partial charge >= 0.3 is 11.7 Å². The van der Waals surface area contributed by atoms with Crippen molar-refractivity contribution >= 4 is 27.9 Å². The number of imidazole rings is 1. The molecule has 4 rings (SSSR count). The first-order valence-electron chi connectivity index (χ1n) is 10.9. The number of hydrogen-bond acceptors (Lipinski definition) is 2. The summed E-state index contributed by atoms with van der Waals surface area (Å²) in [6.07, 6.45) is 4.42. The van der Waals surface area contributed by atoms with Gasteiger partial charge in [0.1, 0.15) is 0 Å². The fourth-order valence-electron chi connectivity index (χ4n) is 4.59. The molecular weight excluding hydrogens is 390 g/mol. The Bertz CT molecular complexity index is 1310. The van der Waals surface area contributed by atoms with Crippen molar-refractivity contribution in [2.45, 2.75) is 46.2 Å². The Morgan fingerprint density at radius 3 is 2.39 bits per heavy atom. The van der Waals surface area contributed by atoms with Crippen LogP contribution in [0.2, 0.25) is 0 Å². The number of aryl methyl sites for hydroxylation is 2. The van der Waals surface area contributed by atoms with Gasteiger partial charge in [-0.2, -0.15) is 0 Å². The van der Waals surface area contributed by atoms with Crippen LogP contribution in [0.1, 0.15) is 37.3 Å². The number of aliphatic carboxylic acids is 1. The molecular formula is C25H29N3O3. The first-order valence-corrected chi connectivity index (χ1v) is 10.9. The highest BCUT2D eigenvalue weighted by Gasteiger charge is 2.22. The Morgan fingerprint density at radius 2 is 1.71 bits per heavy atom. The van der Waals surface area contributed by atoms with Crippen LogP contribution in [0.5, 0.6) is 0 Å². The monoisotopic (exact) mass is 419 g/mol. The van der Waals surface area contributed by atoms with Gasteiger partial charge in [-0.25, -0.2) is 4.79 Å². The van der Waals surface area contributed by atoms with Crippen LogP contribution in [0.3, 0.4) is 0 Å². The third-order valence-electron chi connectivity index (χ3n) is 6.21. The predicted octanol–water partition coefficient (Wildman–Crippen LogP) is 4.54. The summed E-state index contributed by atoms with van der Waals surface area (Å²) < 4.78 is 5.50. The van der Waals surface area contributed by atoms with Crippen molar-refractivity contribution < 1.29 is 9.90 Å². The fraction of sp³-hybridized carbons (Fsp3) is 0.360. The summed E-state index contributed by atoms with van der Waals surface area (Å²) in [5.74, 6) is -1.42. The quantitative estimate of drug-likeness (QED) is 0.456. The second-order valence-corrected chi connectivity index (χ2v) is 8.38. The van der Waals surface area contributed by atoms with Crippen LogP contribution in [-0.2, 0) is 24.9 Å². The van der Waals surface area contributed by atoms with Gasteiger partial charge in [-0.05, 0) is 42.7 Å². The summed E-state index contributed by atoms with van der Waals surface area (Å²) in [5, 5.41) is 10.9. The largest absolute Gasteiger partial charge is 0.481 e. The summed E-state index contributed by atoms with van der Waals surface area (Å²) in [7, 11) is 2.02. The molecule has 2 aromatic heterocycles. The van der Waals surface area contributed by atoms with Gasteiger partial charge in [0.2, 0.25) is 0 Å². The number of rotatable bonds is 8. The number of carbonyl (C=O) groups is 1. The van der Waals surface area contributed by atoms with Crippen molar-refractivity contribution in [3.8, 4) is 0 Å². The van der Waals surface area contributed by atoms with E-state index in [1.807, 2.05) is 44.3 Å². The number of aromatic nitrogens is 3. The lowest BCUT2D eigenvalue weighted by atomic mass is 10.0. The molecule has 31 heavy (non-hydrogen) atoms. The van der Waals surface area contributed by atoms with E-state index in [1.165, 1.54) is 10.9 Å². The summed E-state index contributed by atoms with van der Waals surface area (Å²) in [5.41, 5.74) is 4.86. The van der Waals surface area contributed by atoms with Crippen molar-refractivity contribution in [2.24, 2.45) is 13.0 Å². The highest BCUT2D eigenvalue weighted by Crippen LogP contribution is 2.26. The van der Waals surface area contributed by atoms with Crippen molar-refractivity contribution in [3.63, 3.8) is 0 Å². The smallest absolute Gasteiger partial charge is 0.329 e. The first-order chi connectivity index (χ1) is 14.9. The van der Waals surface area contributed by atoms with E-state index < -0.39 is 11.9 Å². The highest BCUT2D eigenvalue weighted by molar-refractivity contribution is 5.87. The van der Waals surface area contributed by atoms with Crippen LogP contribution in [0.15, 0.2) is 53.5 Å². The lowest BCUT2D eigenvalue weighted by Gasteiger charge is -2.12. The minimum absolute atomic E-state index is 0.158. The number of unbranched alkanes of at least 4 members (excludes halogenated alkanes) is 1. The predicted molar refractivity (Wildman–Crippen MR) is 124 cm³/mol. The van der Waals surface area contributed by atoms with Gasteiger partial charge < -0.3 is 9.67 Å². The number of nitrogens with zero attached hydrogens (tertiary/aromatic N) is 3. The summed E-state index contributed by atoms with van der Waals surface area (Å²) >= 11 is 0. The summed E-state index contributed by atoms with van der Waals surface area (Å²) in [6.45, 7) is 4.77. The average molecular weight is 420 g/mol. The Balaban J connectivity index is 1.81. The van der Waals surface area contributed by atoms with Crippen LogP contribution in [0, 0.1) is 12.8 Å². The Morgan fingerprint density at radius 1 is 1.03 bits per heavy atom. The molecule has 2 heterocycles. The summed E-state index contributed by atoms with van der Waals surface area (Å²) in [4.78, 5) is 25.3. The molecule has 2 aromatic carbocycles. The maximum atomic E-state index is 13.5. The second-order valence-electron chi connectivity index (χ2n) is 8.38. The van der Waals surface area contributed by atoms with E-state index in [1.54, 1.807) is 9.13 Å². The first kappa shape index (κ1) is 21.0. The van der Waals surface area contributed by atoms with Crippen molar-refractivity contribution in [1.82, 2.24) is 13.7 Å². The molecule has 0 aliphatic rings. The van der Waals surface area contributed by atoms with Gasteiger partial charge in [-0.1, -0.05) is 44.0 Å². The molecule has 162 valence electrons. The van der Waals surface area contributed by atoms with Gasteiger partial charge in [0.25, 0.3) is 0 Å². The molecule has 0 fully saturated rings. The number of para-hydroxylation sites is 2. The number of carboxylic acids is 1. The van der Waals surface area contributed by atoms with Crippen LogP contribution >= 0.6 is 0 Å². The molecule has 1 N–H and O–H groups in total. The maximum Gasteiger partial charge on any atom is 0.329 e. The molecule has 0 bridgehead atoms. The van der Waals surface area contributed by atoms with Crippen LogP contribution < -0.4 is 5.69 Å². The third-order valence-corrected chi connectivity index (χ3v) is 6.21. The molecule has 0 aliphatic heterocycles. The van der Waals surface area contributed by atoms with E-state index in [-0.39, 0.29) is 12.2 Å². The Labute approximate surface area is 181 Å². The lowest BCUT2D eigenvalue weighted by Crippen LogP contribution is -2.29. The number of benzene rings is 2. The summed E-state index contributed by atoms with van der Waals surface area (Å²) in [6, 6.07) is 13.9. The lowest BCUT2D eigenvalue weighted by molar-refractivity contribution is -0.142. The highest BCUT2D eigenvalue weighted by atomic mass is 16.4. The molecule has 0 saturated carbocycles. The molecule has 1 atom stereocenters. The van der Waals surface area contributed by atoms with Gasteiger partial charge in [0.05, 0.1) is 23.5 Å². The second kappa shape index (κ2) is 8.46. The van der Waals surface area contributed by atoms with E-state index in [9.17, 15) is 14.7 Å². The zero-order valence-electron chi connectivity index (χ0n) is 18.3. The maximum absolute atomic E-state index is 13.5. The standard InChI is InChI=1S/C25H29N3O3/c1-4-5-10-18(24(29)30)15-27-20-11-6-7-12-21(20)28(25(27)31)16-19-14-26(3)22-13-8-9-17(2)23(19)22/h6-9,11-14,18H,4-5,10,15-16H2,1-3H3,(H,29,30). The van der Waals surface area contributed by atoms with Crippen LogP contribution in [0.25, 0.3) is 21.9 Å². The molecule has 0 saturated heterocycles. The Hall–Kier alpha value is -3.28. The molecule has 4 aromatic rings. The topological polar surface area (TPSA) is 69.2 Å². The van der Waals surface area contributed by atoms with Gasteiger partial charge in [0, 0.05) is 30.7 Å². The molecule has 1 unspecified atom stereocenters. The molecule has 6 heteroatoms.